The molecule has 3 N–H and O–H groups in total. The van der Waals surface area contributed by atoms with Crippen LogP contribution in [0.2, 0.25) is 0 Å². The molecule has 4 nitrogen and oxygen atoms in total. The summed E-state index contributed by atoms with van der Waals surface area (Å²) in [6.07, 6.45) is 1.97. The molecule has 0 radical (unpaired) electrons. The van der Waals surface area contributed by atoms with E-state index in [0.29, 0.717) is 22.6 Å². The zero-order valence-corrected chi connectivity index (χ0v) is 11.0. The summed E-state index contributed by atoms with van der Waals surface area (Å²) in [5.74, 6) is 0.206. The zero-order chi connectivity index (χ0) is 12.1. The molecule has 88 valence electrons. The Balaban J connectivity index is 2.55. The topological polar surface area (TPSA) is 68.0 Å². The SMILES string of the molecule is CC(C)C(N)CC(=O)Nc1cccnc1Br. The molecule has 0 bridgehead atoms. The van der Waals surface area contributed by atoms with E-state index in [1.165, 1.54) is 0 Å². The van der Waals surface area contributed by atoms with Crippen molar-refractivity contribution in [3.05, 3.63) is 22.9 Å². The fraction of sp³-hybridized carbons (Fsp3) is 0.455. The summed E-state index contributed by atoms with van der Waals surface area (Å²) in [5, 5.41) is 2.77. The van der Waals surface area contributed by atoms with Gasteiger partial charge in [-0.3, -0.25) is 4.79 Å². The molecule has 0 fully saturated rings. The normalized spacial score (nSPS) is 12.6. The summed E-state index contributed by atoms with van der Waals surface area (Å²) in [6.45, 7) is 4.00. The first-order valence-electron chi connectivity index (χ1n) is 5.16. The van der Waals surface area contributed by atoms with Crippen molar-refractivity contribution < 1.29 is 4.79 Å². The number of nitrogens with two attached hydrogens (primary N) is 1. The Morgan fingerprint density at radius 1 is 1.62 bits per heavy atom. The van der Waals surface area contributed by atoms with Gasteiger partial charge in [-0.1, -0.05) is 13.8 Å². The fourth-order valence-corrected chi connectivity index (χ4v) is 1.48. The van der Waals surface area contributed by atoms with Gasteiger partial charge in [0, 0.05) is 18.7 Å². The lowest BCUT2D eigenvalue weighted by Gasteiger charge is -2.15. The van der Waals surface area contributed by atoms with E-state index in [2.05, 4.69) is 26.2 Å². The number of nitrogens with zero attached hydrogens (tertiary/aromatic N) is 1. The third-order valence-electron chi connectivity index (χ3n) is 2.31. The van der Waals surface area contributed by atoms with E-state index in [-0.39, 0.29) is 11.9 Å². The molecule has 1 atom stereocenters. The van der Waals surface area contributed by atoms with Crippen molar-refractivity contribution >= 4 is 27.5 Å². The molecule has 5 heteroatoms. The van der Waals surface area contributed by atoms with Crippen molar-refractivity contribution in [2.45, 2.75) is 26.3 Å². The number of aromatic nitrogens is 1. The van der Waals surface area contributed by atoms with E-state index in [0.717, 1.165) is 0 Å². The number of pyridine rings is 1. The van der Waals surface area contributed by atoms with Gasteiger partial charge in [0.05, 0.1) is 5.69 Å². The predicted octanol–water partition coefficient (Wildman–Crippen LogP) is 2.16. The van der Waals surface area contributed by atoms with Gasteiger partial charge in [0.25, 0.3) is 0 Å². The molecule has 0 aliphatic heterocycles. The van der Waals surface area contributed by atoms with Crippen molar-refractivity contribution in [1.29, 1.82) is 0 Å². The van der Waals surface area contributed by atoms with Gasteiger partial charge in [-0.2, -0.15) is 0 Å². The van der Waals surface area contributed by atoms with Crippen LogP contribution in [-0.4, -0.2) is 16.9 Å². The Labute approximate surface area is 104 Å². The second kappa shape index (κ2) is 5.96. The van der Waals surface area contributed by atoms with E-state index in [1.807, 2.05) is 13.8 Å². The maximum absolute atomic E-state index is 11.6. The van der Waals surface area contributed by atoms with Crippen molar-refractivity contribution in [3.63, 3.8) is 0 Å². The highest BCUT2D eigenvalue weighted by atomic mass is 79.9. The first-order chi connectivity index (χ1) is 7.50. The van der Waals surface area contributed by atoms with Gasteiger partial charge in [0.2, 0.25) is 5.91 Å². The highest BCUT2D eigenvalue weighted by molar-refractivity contribution is 9.10. The lowest BCUT2D eigenvalue weighted by atomic mass is 10.0. The number of rotatable bonds is 4. The van der Waals surface area contributed by atoms with Crippen LogP contribution in [0.15, 0.2) is 22.9 Å². The molecule has 16 heavy (non-hydrogen) atoms. The standard InChI is InChI=1S/C11H16BrN3O/c1-7(2)8(13)6-10(16)15-9-4-3-5-14-11(9)12/h3-5,7-8H,6,13H2,1-2H3,(H,15,16). The molecule has 0 aromatic carbocycles. The number of hydrogen-bond donors (Lipinski definition) is 2. The first-order valence-corrected chi connectivity index (χ1v) is 5.96. The lowest BCUT2D eigenvalue weighted by Crippen LogP contribution is -2.31. The number of hydrogen-bond acceptors (Lipinski definition) is 3. The minimum absolute atomic E-state index is 0.0881. The maximum atomic E-state index is 11.6. The highest BCUT2D eigenvalue weighted by Crippen LogP contribution is 2.18. The third-order valence-corrected chi connectivity index (χ3v) is 2.94. The number of halogens is 1. The smallest absolute Gasteiger partial charge is 0.226 e. The Morgan fingerprint density at radius 3 is 2.88 bits per heavy atom. The Bertz CT molecular complexity index is 368. The van der Waals surface area contributed by atoms with Crippen LogP contribution in [0.5, 0.6) is 0 Å². The van der Waals surface area contributed by atoms with Gasteiger partial charge in [0.1, 0.15) is 4.60 Å². The van der Waals surface area contributed by atoms with Crippen LogP contribution in [0, 0.1) is 5.92 Å². The second-order valence-electron chi connectivity index (χ2n) is 4.00. The Morgan fingerprint density at radius 2 is 2.31 bits per heavy atom. The summed E-state index contributed by atoms with van der Waals surface area (Å²) in [6, 6.07) is 3.44. The molecule has 1 aromatic rings. The predicted molar refractivity (Wildman–Crippen MR) is 68.0 cm³/mol. The van der Waals surface area contributed by atoms with Gasteiger partial charge >= 0.3 is 0 Å². The first kappa shape index (κ1) is 13.1. The van der Waals surface area contributed by atoms with E-state index >= 15 is 0 Å². The Kier molecular flexibility index (Phi) is 4.89. The van der Waals surface area contributed by atoms with Crippen LogP contribution >= 0.6 is 15.9 Å². The minimum Gasteiger partial charge on any atom is -0.327 e. The monoisotopic (exact) mass is 285 g/mol. The fourth-order valence-electron chi connectivity index (χ4n) is 1.13. The third kappa shape index (κ3) is 3.90. The van der Waals surface area contributed by atoms with E-state index in [1.54, 1.807) is 18.3 Å². The summed E-state index contributed by atoms with van der Waals surface area (Å²) < 4.78 is 0.626. The minimum atomic E-state index is -0.115. The van der Waals surface area contributed by atoms with Crippen LogP contribution in [0.25, 0.3) is 0 Å². The quantitative estimate of drug-likeness (QED) is 0.833. The average Bonchev–Trinajstić information content (AvgIpc) is 2.21. The number of nitrogens with one attached hydrogen (secondary N) is 1. The largest absolute Gasteiger partial charge is 0.327 e. The molecule has 1 aromatic heterocycles. The molecule has 0 aliphatic carbocycles. The van der Waals surface area contributed by atoms with E-state index in [9.17, 15) is 4.79 Å². The van der Waals surface area contributed by atoms with Crippen LogP contribution in [0.3, 0.4) is 0 Å². The summed E-state index contributed by atoms with van der Waals surface area (Å²) >= 11 is 3.26. The van der Waals surface area contributed by atoms with Gasteiger partial charge in [0.15, 0.2) is 0 Å². The summed E-state index contributed by atoms with van der Waals surface area (Å²) in [5.41, 5.74) is 6.49. The van der Waals surface area contributed by atoms with E-state index in [4.69, 9.17) is 5.73 Å². The van der Waals surface area contributed by atoms with Crippen molar-refractivity contribution in [2.75, 3.05) is 5.32 Å². The van der Waals surface area contributed by atoms with Crippen LogP contribution in [0.1, 0.15) is 20.3 Å². The lowest BCUT2D eigenvalue weighted by molar-refractivity contribution is -0.116. The molecular formula is C11H16BrN3O. The molecule has 0 saturated heterocycles. The van der Waals surface area contributed by atoms with E-state index < -0.39 is 0 Å². The number of anilines is 1. The van der Waals surface area contributed by atoms with Gasteiger partial charge < -0.3 is 11.1 Å². The molecule has 1 amide bonds. The van der Waals surface area contributed by atoms with Crippen LogP contribution in [-0.2, 0) is 4.79 Å². The van der Waals surface area contributed by atoms with Crippen molar-refractivity contribution in [3.8, 4) is 0 Å². The second-order valence-corrected chi connectivity index (χ2v) is 4.75. The van der Waals surface area contributed by atoms with Crippen LogP contribution < -0.4 is 11.1 Å². The highest BCUT2D eigenvalue weighted by Gasteiger charge is 2.13. The van der Waals surface area contributed by atoms with Crippen molar-refractivity contribution in [2.24, 2.45) is 11.7 Å². The van der Waals surface area contributed by atoms with Crippen LogP contribution in [0.4, 0.5) is 5.69 Å². The number of carbonyl (C=O) groups is 1. The summed E-state index contributed by atoms with van der Waals surface area (Å²) in [7, 11) is 0. The number of carbonyl (C=O) groups excluding carboxylic acids is 1. The molecular weight excluding hydrogens is 270 g/mol. The Hall–Kier alpha value is -0.940. The molecule has 1 rings (SSSR count). The molecule has 0 aliphatic rings. The summed E-state index contributed by atoms with van der Waals surface area (Å²) in [4.78, 5) is 15.7. The number of amides is 1. The molecule has 1 heterocycles. The molecule has 1 unspecified atom stereocenters. The maximum Gasteiger partial charge on any atom is 0.226 e. The van der Waals surface area contributed by atoms with Gasteiger partial charge in [-0.15, -0.1) is 0 Å². The molecule has 0 spiro atoms. The van der Waals surface area contributed by atoms with Crippen molar-refractivity contribution in [1.82, 2.24) is 4.98 Å². The zero-order valence-electron chi connectivity index (χ0n) is 9.40. The molecule has 0 saturated carbocycles. The average molecular weight is 286 g/mol. The van der Waals surface area contributed by atoms with Gasteiger partial charge in [-0.05, 0) is 34.0 Å². The van der Waals surface area contributed by atoms with Gasteiger partial charge in [-0.25, -0.2) is 4.98 Å².